The third-order valence-electron chi connectivity index (χ3n) is 3.85. The Kier molecular flexibility index (Phi) is 3.91. The lowest BCUT2D eigenvalue weighted by Gasteiger charge is -2.35. The van der Waals surface area contributed by atoms with Crippen LogP contribution in [0.25, 0.3) is 0 Å². The minimum atomic E-state index is 0.295. The first-order valence-corrected chi connectivity index (χ1v) is 6.85. The van der Waals surface area contributed by atoms with Crippen LogP contribution in [0, 0.1) is 12.3 Å². The van der Waals surface area contributed by atoms with Gasteiger partial charge in [-0.15, -0.1) is 0 Å². The van der Waals surface area contributed by atoms with E-state index in [4.69, 9.17) is 0 Å². The molecule has 18 heavy (non-hydrogen) atoms. The average molecular weight is 248 g/mol. The summed E-state index contributed by atoms with van der Waals surface area (Å²) < 4.78 is 0. The molecule has 1 aliphatic carbocycles. The van der Waals surface area contributed by atoms with E-state index in [-0.39, 0.29) is 0 Å². The Bertz CT molecular complexity index is 415. The van der Waals surface area contributed by atoms with Crippen LogP contribution in [-0.2, 0) is 6.54 Å². The van der Waals surface area contributed by atoms with Gasteiger partial charge in [-0.1, -0.05) is 20.3 Å². The highest BCUT2D eigenvalue weighted by atomic mass is 16.3. The average Bonchev–Trinajstić information content (AvgIpc) is 2.29. The number of hydrogen-bond donors (Lipinski definition) is 2. The second-order valence-corrected chi connectivity index (χ2v) is 6.26. The second kappa shape index (κ2) is 5.27. The molecule has 0 amide bonds. The Morgan fingerprint density at radius 2 is 2.22 bits per heavy atom. The van der Waals surface area contributed by atoms with E-state index in [1.54, 1.807) is 6.07 Å². The van der Waals surface area contributed by atoms with Crippen LogP contribution in [0.1, 0.15) is 50.9 Å². The van der Waals surface area contributed by atoms with Crippen LogP contribution in [0.3, 0.4) is 0 Å². The van der Waals surface area contributed by atoms with Gasteiger partial charge in [0.05, 0.1) is 5.69 Å². The smallest absolute Gasteiger partial charge is 0.138 e. The van der Waals surface area contributed by atoms with Crippen LogP contribution in [0.2, 0.25) is 0 Å². The van der Waals surface area contributed by atoms with Crippen LogP contribution >= 0.6 is 0 Å². The van der Waals surface area contributed by atoms with Crippen molar-refractivity contribution in [1.82, 2.24) is 10.3 Å². The molecule has 2 rings (SSSR count). The van der Waals surface area contributed by atoms with Crippen LogP contribution < -0.4 is 5.32 Å². The third-order valence-corrected chi connectivity index (χ3v) is 3.85. The SMILES string of the molecule is Cc1ccc(O)c(CNC2CCCC(C)(C)C2)n1. The molecule has 0 aliphatic heterocycles. The van der Waals surface area contributed by atoms with Gasteiger partial charge in [0.1, 0.15) is 5.75 Å². The van der Waals surface area contributed by atoms with Crippen LogP contribution in [-0.4, -0.2) is 16.1 Å². The lowest BCUT2D eigenvalue weighted by Crippen LogP contribution is -2.37. The fourth-order valence-corrected chi connectivity index (χ4v) is 2.85. The molecule has 100 valence electrons. The molecule has 1 aromatic heterocycles. The second-order valence-electron chi connectivity index (χ2n) is 6.26. The van der Waals surface area contributed by atoms with E-state index < -0.39 is 0 Å². The van der Waals surface area contributed by atoms with Crippen molar-refractivity contribution in [1.29, 1.82) is 0 Å². The van der Waals surface area contributed by atoms with Gasteiger partial charge in [0.2, 0.25) is 0 Å². The van der Waals surface area contributed by atoms with Crippen molar-refractivity contribution in [2.24, 2.45) is 5.41 Å². The molecular weight excluding hydrogens is 224 g/mol. The van der Waals surface area contributed by atoms with Crippen LogP contribution in [0.5, 0.6) is 5.75 Å². The Balaban J connectivity index is 1.93. The van der Waals surface area contributed by atoms with Crippen molar-refractivity contribution >= 4 is 0 Å². The fraction of sp³-hybridized carbons (Fsp3) is 0.667. The lowest BCUT2D eigenvalue weighted by atomic mass is 9.75. The molecule has 1 saturated carbocycles. The molecule has 2 N–H and O–H groups in total. The minimum Gasteiger partial charge on any atom is -0.506 e. The highest BCUT2D eigenvalue weighted by molar-refractivity contribution is 5.27. The van der Waals surface area contributed by atoms with E-state index >= 15 is 0 Å². The number of hydrogen-bond acceptors (Lipinski definition) is 3. The van der Waals surface area contributed by atoms with E-state index in [0.29, 0.717) is 23.8 Å². The Labute approximate surface area is 110 Å². The maximum Gasteiger partial charge on any atom is 0.138 e. The van der Waals surface area contributed by atoms with Crippen molar-refractivity contribution in [3.8, 4) is 5.75 Å². The topological polar surface area (TPSA) is 45.1 Å². The summed E-state index contributed by atoms with van der Waals surface area (Å²) in [6.45, 7) is 7.29. The summed E-state index contributed by atoms with van der Waals surface area (Å²) in [7, 11) is 0. The lowest BCUT2D eigenvalue weighted by molar-refractivity contribution is 0.197. The highest BCUT2D eigenvalue weighted by Gasteiger charge is 2.27. The summed E-state index contributed by atoms with van der Waals surface area (Å²) >= 11 is 0. The van der Waals surface area contributed by atoms with Gasteiger partial charge in [-0.2, -0.15) is 0 Å². The molecule has 1 heterocycles. The Morgan fingerprint density at radius 3 is 2.94 bits per heavy atom. The van der Waals surface area contributed by atoms with Gasteiger partial charge in [0.15, 0.2) is 0 Å². The number of aromatic nitrogens is 1. The Hall–Kier alpha value is -1.09. The van der Waals surface area contributed by atoms with Gasteiger partial charge in [-0.3, -0.25) is 4.98 Å². The van der Waals surface area contributed by atoms with Gasteiger partial charge < -0.3 is 10.4 Å². The largest absolute Gasteiger partial charge is 0.506 e. The molecule has 1 aromatic rings. The molecule has 0 spiro atoms. The van der Waals surface area contributed by atoms with E-state index in [9.17, 15) is 5.11 Å². The van der Waals surface area contributed by atoms with Crippen molar-refractivity contribution in [2.75, 3.05) is 0 Å². The molecule has 1 aliphatic rings. The van der Waals surface area contributed by atoms with Gasteiger partial charge in [-0.25, -0.2) is 0 Å². The maximum absolute atomic E-state index is 9.76. The molecule has 3 heteroatoms. The maximum atomic E-state index is 9.76. The predicted octanol–water partition coefficient (Wildman–Crippen LogP) is 3.15. The summed E-state index contributed by atoms with van der Waals surface area (Å²) in [5, 5.41) is 13.3. The summed E-state index contributed by atoms with van der Waals surface area (Å²) in [4.78, 5) is 4.38. The number of nitrogens with zero attached hydrogens (tertiary/aromatic N) is 1. The van der Waals surface area contributed by atoms with Crippen molar-refractivity contribution in [2.45, 2.75) is 59.0 Å². The first-order valence-electron chi connectivity index (χ1n) is 6.85. The minimum absolute atomic E-state index is 0.295. The van der Waals surface area contributed by atoms with E-state index in [2.05, 4.69) is 24.1 Å². The highest BCUT2D eigenvalue weighted by Crippen LogP contribution is 2.35. The zero-order valence-corrected chi connectivity index (χ0v) is 11.7. The van der Waals surface area contributed by atoms with Crippen molar-refractivity contribution in [3.05, 3.63) is 23.5 Å². The van der Waals surface area contributed by atoms with Gasteiger partial charge in [0, 0.05) is 18.3 Å². The first kappa shape index (κ1) is 13.3. The fourth-order valence-electron chi connectivity index (χ4n) is 2.85. The number of aryl methyl sites for hydroxylation is 1. The van der Waals surface area contributed by atoms with Crippen LogP contribution in [0.15, 0.2) is 12.1 Å². The molecule has 1 fully saturated rings. The standard InChI is InChI=1S/C15H24N2O/c1-11-6-7-14(18)13(17-11)10-16-12-5-4-8-15(2,3)9-12/h6-7,12,16,18H,4-5,8-10H2,1-3H3. The number of pyridine rings is 1. The van der Waals surface area contributed by atoms with E-state index in [0.717, 1.165) is 11.4 Å². The number of rotatable bonds is 3. The zero-order chi connectivity index (χ0) is 13.2. The Morgan fingerprint density at radius 1 is 1.44 bits per heavy atom. The van der Waals surface area contributed by atoms with Gasteiger partial charge >= 0.3 is 0 Å². The molecular formula is C15H24N2O. The summed E-state index contributed by atoms with van der Waals surface area (Å²) in [5.41, 5.74) is 2.16. The van der Waals surface area contributed by atoms with Crippen LogP contribution in [0.4, 0.5) is 0 Å². The monoisotopic (exact) mass is 248 g/mol. The molecule has 0 bridgehead atoms. The molecule has 0 aromatic carbocycles. The van der Waals surface area contributed by atoms with Crippen molar-refractivity contribution < 1.29 is 5.11 Å². The third kappa shape index (κ3) is 3.45. The summed E-state index contributed by atoms with van der Waals surface area (Å²) in [5.74, 6) is 0.295. The van der Waals surface area contributed by atoms with E-state index in [1.807, 2.05) is 13.0 Å². The number of aromatic hydroxyl groups is 1. The van der Waals surface area contributed by atoms with Gasteiger partial charge in [-0.05, 0) is 43.7 Å². The molecule has 3 nitrogen and oxygen atoms in total. The molecule has 1 unspecified atom stereocenters. The zero-order valence-electron chi connectivity index (χ0n) is 11.7. The van der Waals surface area contributed by atoms with Crippen molar-refractivity contribution in [3.63, 3.8) is 0 Å². The molecule has 0 saturated heterocycles. The summed E-state index contributed by atoms with van der Waals surface area (Å²) in [6, 6.07) is 4.11. The number of nitrogens with one attached hydrogen (secondary N) is 1. The van der Waals surface area contributed by atoms with Gasteiger partial charge in [0.25, 0.3) is 0 Å². The quantitative estimate of drug-likeness (QED) is 0.863. The predicted molar refractivity (Wildman–Crippen MR) is 73.5 cm³/mol. The molecule has 0 radical (unpaired) electrons. The normalized spacial score (nSPS) is 22.9. The van der Waals surface area contributed by atoms with E-state index in [1.165, 1.54) is 25.7 Å². The molecule has 1 atom stereocenters. The first-order chi connectivity index (χ1) is 8.46. The summed E-state index contributed by atoms with van der Waals surface area (Å²) in [6.07, 6.45) is 5.05.